The minimum absolute atomic E-state index is 0.0291. The number of amides is 1. The minimum Gasteiger partial charge on any atom is -0.507 e. The van der Waals surface area contributed by atoms with Gasteiger partial charge in [-0.1, -0.05) is 32.0 Å². The number of ether oxygens (including phenoxy) is 1. The molecule has 0 saturated carbocycles. The fourth-order valence-corrected chi connectivity index (χ4v) is 4.64. The minimum atomic E-state index is -0.995. The number of aliphatic hydroxyl groups excluding tert-OH is 1. The molecular formula is C26H29FN2O4. The molecule has 0 radical (unpaired) electrons. The number of nitrogens with zero attached hydrogens (tertiary/aromatic N) is 2. The van der Waals surface area contributed by atoms with Gasteiger partial charge in [-0.2, -0.15) is 0 Å². The van der Waals surface area contributed by atoms with Crippen LogP contribution in [0.5, 0.6) is 5.75 Å². The fourth-order valence-electron chi connectivity index (χ4n) is 4.64. The summed E-state index contributed by atoms with van der Waals surface area (Å²) in [6.45, 7) is 8.37. The van der Waals surface area contributed by atoms with Gasteiger partial charge >= 0.3 is 0 Å². The standard InChI is InChI=1S/C26H29FN2O4/c1-4-28(5-2)12-13-29-23(19-8-6-7-9-20(19)27)22(25(31)26(29)32)24(30)17-10-11-21-18(15-17)14-16(3)33-21/h6-11,15-16,23,30H,4-5,12-14H2,1-3H3/b24-22-. The van der Waals surface area contributed by atoms with Gasteiger partial charge in [-0.3, -0.25) is 9.59 Å². The molecule has 2 unspecified atom stereocenters. The summed E-state index contributed by atoms with van der Waals surface area (Å²) in [5.41, 5.74) is 1.44. The van der Waals surface area contributed by atoms with E-state index in [1.54, 1.807) is 36.4 Å². The van der Waals surface area contributed by atoms with E-state index in [4.69, 9.17) is 4.74 Å². The van der Waals surface area contributed by atoms with E-state index >= 15 is 0 Å². The molecule has 33 heavy (non-hydrogen) atoms. The first kappa shape index (κ1) is 23.0. The average Bonchev–Trinajstić information content (AvgIpc) is 3.30. The molecule has 0 bridgehead atoms. The van der Waals surface area contributed by atoms with Crippen LogP contribution in [0.1, 0.15) is 43.5 Å². The molecule has 1 amide bonds. The maximum absolute atomic E-state index is 14.9. The first-order valence-corrected chi connectivity index (χ1v) is 11.4. The topological polar surface area (TPSA) is 70.1 Å². The van der Waals surface area contributed by atoms with E-state index in [1.807, 2.05) is 20.8 Å². The first-order chi connectivity index (χ1) is 15.8. The maximum Gasteiger partial charge on any atom is 0.295 e. The maximum atomic E-state index is 14.9. The van der Waals surface area contributed by atoms with Gasteiger partial charge in [-0.05, 0) is 49.8 Å². The third kappa shape index (κ3) is 4.25. The van der Waals surface area contributed by atoms with Crippen molar-refractivity contribution in [3.05, 3.63) is 70.5 Å². The number of hydrogen-bond donors (Lipinski definition) is 1. The Morgan fingerprint density at radius 2 is 1.91 bits per heavy atom. The van der Waals surface area contributed by atoms with Crippen LogP contribution in [0, 0.1) is 5.82 Å². The van der Waals surface area contributed by atoms with E-state index in [1.165, 1.54) is 11.0 Å². The van der Waals surface area contributed by atoms with Gasteiger partial charge in [-0.25, -0.2) is 4.39 Å². The first-order valence-electron chi connectivity index (χ1n) is 11.4. The number of aliphatic hydroxyl groups is 1. The zero-order chi connectivity index (χ0) is 23.7. The van der Waals surface area contributed by atoms with E-state index in [0.29, 0.717) is 18.5 Å². The molecule has 0 aliphatic carbocycles. The van der Waals surface area contributed by atoms with Crippen LogP contribution in [0.25, 0.3) is 5.76 Å². The van der Waals surface area contributed by atoms with Gasteiger partial charge in [0.1, 0.15) is 23.4 Å². The normalized spacial score (nSPS) is 21.5. The van der Waals surface area contributed by atoms with Crippen LogP contribution in [0.2, 0.25) is 0 Å². The molecular weight excluding hydrogens is 423 g/mol. The molecule has 0 aromatic heterocycles. The second kappa shape index (κ2) is 9.35. The summed E-state index contributed by atoms with van der Waals surface area (Å²) in [6.07, 6.45) is 0.715. The summed E-state index contributed by atoms with van der Waals surface area (Å²) in [7, 11) is 0. The number of Topliss-reactive ketones (excluding diaryl/α,β-unsaturated/α-hetero) is 1. The van der Waals surface area contributed by atoms with Crippen molar-refractivity contribution in [3.63, 3.8) is 0 Å². The Kier molecular flexibility index (Phi) is 6.51. The number of likely N-dealkylation sites (N-methyl/N-ethyl adjacent to an activating group) is 1. The smallest absolute Gasteiger partial charge is 0.295 e. The zero-order valence-electron chi connectivity index (χ0n) is 19.2. The number of fused-ring (bicyclic) bond motifs is 1. The third-order valence-corrected chi connectivity index (χ3v) is 6.46. The van der Waals surface area contributed by atoms with Crippen molar-refractivity contribution in [2.45, 2.75) is 39.3 Å². The van der Waals surface area contributed by atoms with Crippen molar-refractivity contribution in [1.82, 2.24) is 9.80 Å². The number of ketones is 1. The quantitative estimate of drug-likeness (QED) is 0.392. The molecule has 2 atom stereocenters. The number of carbonyl (C=O) groups excluding carboxylic acids is 2. The Balaban J connectivity index is 1.80. The van der Waals surface area contributed by atoms with Crippen molar-refractivity contribution in [1.29, 1.82) is 0 Å². The van der Waals surface area contributed by atoms with Gasteiger partial charge in [0.15, 0.2) is 0 Å². The lowest BCUT2D eigenvalue weighted by atomic mass is 9.94. The third-order valence-electron chi connectivity index (χ3n) is 6.46. The molecule has 0 spiro atoms. The number of benzene rings is 2. The van der Waals surface area contributed by atoms with E-state index in [9.17, 15) is 19.1 Å². The van der Waals surface area contributed by atoms with Crippen LogP contribution in [-0.4, -0.2) is 58.9 Å². The highest BCUT2D eigenvalue weighted by Crippen LogP contribution is 2.41. The van der Waals surface area contributed by atoms with Crippen LogP contribution in [0.3, 0.4) is 0 Å². The van der Waals surface area contributed by atoms with Gasteiger partial charge < -0.3 is 19.6 Å². The number of carbonyl (C=O) groups is 2. The summed E-state index contributed by atoms with van der Waals surface area (Å²) in [5.74, 6) is -1.61. The highest BCUT2D eigenvalue weighted by atomic mass is 19.1. The summed E-state index contributed by atoms with van der Waals surface area (Å²) < 4.78 is 20.6. The van der Waals surface area contributed by atoms with Gasteiger partial charge in [0.2, 0.25) is 0 Å². The molecule has 2 aromatic carbocycles. The van der Waals surface area contributed by atoms with Gasteiger partial charge in [-0.15, -0.1) is 0 Å². The molecule has 2 aliphatic rings. The van der Waals surface area contributed by atoms with Crippen molar-refractivity contribution in [2.75, 3.05) is 26.2 Å². The van der Waals surface area contributed by atoms with Crippen LogP contribution in [0.15, 0.2) is 48.0 Å². The predicted octanol–water partition coefficient (Wildman–Crippen LogP) is 3.91. The number of halogens is 1. The molecule has 2 aromatic rings. The largest absolute Gasteiger partial charge is 0.507 e. The highest BCUT2D eigenvalue weighted by Gasteiger charge is 2.46. The van der Waals surface area contributed by atoms with Gasteiger partial charge in [0.25, 0.3) is 11.7 Å². The van der Waals surface area contributed by atoms with Crippen molar-refractivity contribution >= 4 is 17.4 Å². The van der Waals surface area contributed by atoms with Crippen LogP contribution < -0.4 is 4.74 Å². The summed E-state index contributed by atoms with van der Waals surface area (Å²) in [5, 5.41) is 11.2. The second-order valence-electron chi connectivity index (χ2n) is 8.50. The second-order valence-corrected chi connectivity index (χ2v) is 8.50. The van der Waals surface area contributed by atoms with Gasteiger partial charge in [0, 0.05) is 30.6 Å². The Bertz CT molecular complexity index is 1110. The zero-order valence-corrected chi connectivity index (χ0v) is 19.2. The highest BCUT2D eigenvalue weighted by molar-refractivity contribution is 6.46. The molecule has 1 fully saturated rings. The SMILES string of the molecule is CCN(CC)CCN1C(=O)C(=O)/C(=C(\O)c2ccc3c(c2)CC(C)O3)C1c1ccccc1F. The van der Waals surface area contributed by atoms with Crippen molar-refractivity contribution in [3.8, 4) is 5.75 Å². The molecule has 2 aliphatic heterocycles. The summed E-state index contributed by atoms with van der Waals surface area (Å²) in [4.78, 5) is 29.7. The van der Waals surface area contributed by atoms with E-state index < -0.39 is 23.5 Å². The number of hydrogen-bond acceptors (Lipinski definition) is 5. The lowest BCUT2D eigenvalue weighted by Crippen LogP contribution is -2.38. The van der Waals surface area contributed by atoms with Crippen LogP contribution in [-0.2, 0) is 16.0 Å². The molecule has 1 N–H and O–H groups in total. The van der Waals surface area contributed by atoms with E-state index in [0.717, 1.165) is 24.4 Å². The number of rotatable bonds is 7. The Morgan fingerprint density at radius 1 is 1.18 bits per heavy atom. The van der Waals surface area contributed by atoms with Crippen LogP contribution >= 0.6 is 0 Å². The van der Waals surface area contributed by atoms with Crippen molar-refractivity contribution < 1.29 is 23.8 Å². The summed E-state index contributed by atoms with van der Waals surface area (Å²) in [6, 6.07) is 10.3. The molecule has 174 valence electrons. The molecule has 4 rings (SSSR count). The van der Waals surface area contributed by atoms with E-state index in [2.05, 4.69) is 4.90 Å². The Morgan fingerprint density at radius 3 is 2.61 bits per heavy atom. The number of likely N-dealkylation sites (tertiary alicyclic amines) is 1. The fraction of sp³-hybridized carbons (Fsp3) is 0.385. The summed E-state index contributed by atoms with van der Waals surface area (Å²) >= 11 is 0. The average molecular weight is 453 g/mol. The van der Waals surface area contributed by atoms with Crippen molar-refractivity contribution in [2.24, 2.45) is 0 Å². The Hall–Kier alpha value is -3.19. The van der Waals surface area contributed by atoms with Gasteiger partial charge in [0.05, 0.1) is 11.6 Å². The molecule has 2 heterocycles. The molecule has 7 heteroatoms. The monoisotopic (exact) mass is 452 g/mol. The molecule has 6 nitrogen and oxygen atoms in total. The lowest BCUT2D eigenvalue weighted by Gasteiger charge is -2.28. The van der Waals surface area contributed by atoms with Crippen LogP contribution in [0.4, 0.5) is 4.39 Å². The predicted molar refractivity (Wildman–Crippen MR) is 123 cm³/mol. The molecule has 1 saturated heterocycles. The Labute approximate surface area is 193 Å². The lowest BCUT2D eigenvalue weighted by molar-refractivity contribution is -0.140. The van der Waals surface area contributed by atoms with E-state index in [-0.39, 0.29) is 29.5 Å².